The zero-order chi connectivity index (χ0) is 14.0. The second kappa shape index (κ2) is 5.26. The van der Waals surface area contributed by atoms with E-state index in [0.29, 0.717) is 18.2 Å². The third-order valence-corrected chi connectivity index (χ3v) is 2.99. The smallest absolute Gasteiger partial charge is 0.299 e. The first-order valence-electron chi connectivity index (χ1n) is 6.19. The minimum Gasteiger partial charge on any atom is -0.468 e. The van der Waals surface area contributed by atoms with Crippen molar-refractivity contribution in [2.24, 2.45) is 7.05 Å². The topological polar surface area (TPSA) is 61.9 Å². The zero-order valence-electron chi connectivity index (χ0n) is 11.7. The molecule has 0 bridgehead atoms. The van der Waals surface area contributed by atoms with Gasteiger partial charge in [0.05, 0.1) is 25.0 Å². The van der Waals surface area contributed by atoms with Crippen LogP contribution >= 0.6 is 0 Å². The van der Waals surface area contributed by atoms with Gasteiger partial charge in [-0.05, 0) is 19.4 Å². The number of nitrogens with zero attached hydrogens (tertiary/aromatic N) is 4. The molecule has 0 N–H and O–H groups in total. The Balaban J connectivity index is 2.42. The van der Waals surface area contributed by atoms with Gasteiger partial charge in [0.15, 0.2) is 0 Å². The summed E-state index contributed by atoms with van der Waals surface area (Å²) in [5, 5.41) is 4.37. The molecule has 2 rings (SSSR count). The van der Waals surface area contributed by atoms with Crippen LogP contribution in [0.5, 0.6) is 6.01 Å². The van der Waals surface area contributed by atoms with Crippen molar-refractivity contribution < 1.29 is 4.74 Å². The Morgan fingerprint density at radius 3 is 2.68 bits per heavy atom. The zero-order valence-corrected chi connectivity index (χ0v) is 11.7. The minimum atomic E-state index is -0.122. The highest BCUT2D eigenvalue weighted by atomic mass is 16.5. The Morgan fingerprint density at radius 2 is 2.11 bits per heavy atom. The fourth-order valence-electron chi connectivity index (χ4n) is 1.95. The monoisotopic (exact) mass is 262 g/mol. The molecule has 0 aliphatic heterocycles. The highest BCUT2D eigenvalue weighted by Gasteiger charge is 2.11. The summed E-state index contributed by atoms with van der Waals surface area (Å²) in [6, 6.07) is 3.81. The van der Waals surface area contributed by atoms with Gasteiger partial charge in [-0.15, -0.1) is 0 Å². The van der Waals surface area contributed by atoms with Crippen molar-refractivity contribution in [1.29, 1.82) is 0 Å². The summed E-state index contributed by atoms with van der Waals surface area (Å²) >= 11 is 0. The van der Waals surface area contributed by atoms with Gasteiger partial charge < -0.3 is 4.74 Å². The lowest BCUT2D eigenvalue weighted by molar-refractivity contribution is 0.348. The summed E-state index contributed by atoms with van der Waals surface area (Å²) in [7, 11) is 3.38. The van der Waals surface area contributed by atoms with E-state index in [0.717, 1.165) is 17.8 Å². The highest BCUT2D eigenvalue weighted by molar-refractivity contribution is 5.14. The first kappa shape index (κ1) is 13.3. The van der Waals surface area contributed by atoms with Crippen LogP contribution in [-0.4, -0.2) is 26.4 Å². The van der Waals surface area contributed by atoms with E-state index in [1.165, 1.54) is 17.7 Å². The number of ether oxygens (including phenoxy) is 1. The third kappa shape index (κ3) is 2.67. The SMILES string of the molecule is CCc1cc(Cn2c(OC)nc(C)cc2=O)n(C)n1. The predicted octanol–water partition coefficient (Wildman–Crippen LogP) is 0.905. The molecule has 19 heavy (non-hydrogen) atoms. The minimum absolute atomic E-state index is 0.122. The predicted molar refractivity (Wildman–Crippen MR) is 71.5 cm³/mol. The van der Waals surface area contributed by atoms with Gasteiger partial charge in [0, 0.05) is 18.8 Å². The fraction of sp³-hybridized carbons (Fsp3) is 0.462. The van der Waals surface area contributed by atoms with Gasteiger partial charge in [0.25, 0.3) is 11.6 Å². The first-order valence-corrected chi connectivity index (χ1v) is 6.19. The number of rotatable bonds is 4. The van der Waals surface area contributed by atoms with Crippen LogP contribution in [0.2, 0.25) is 0 Å². The molecule has 0 saturated heterocycles. The molecule has 0 fully saturated rings. The Labute approximate surface area is 111 Å². The number of hydrogen-bond acceptors (Lipinski definition) is 4. The van der Waals surface area contributed by atoms with E-state index in [9.17, 15) is 4.79 Å². The second-order valence-corrected chi connectivity index (χ2v) is 4.41. The normalized spacial score (nSPS) is 10.7. The van der Waals surface area contributed by atoms with E-state index in [-0.39, 0.29) is 5.56 Å². The maximum Gasteiger partial charge on any atom is 0.299 e. The number of methoxy groups -OCH3 is 1. The van der Waals surface area contributed by atoms with E-state index < -0.39 is 0 Å². The van der Waals surface area contributed by atoms with Crippen LogP contribution < -0.4 is 10.3 Å². The van der Waals surface area contributed by atoms with Gasteiger partial charge in [-0.1, -0.05) is 6.92 Å². The van der Waals surface area contributed by atoms with Crippen LogP contribution in [-0.2, 0) is 20.0 Å². The summed E-state index contributed by atoms with van der Waals surface area (Å²) in [6.45, 7) is 4.22. The van der Waals surface area contributed by atoms with Crippen molar-refractivity contribution in [3.63, 3.8) is 0 Å². The highest BCUT2D eigenvalue weighted by Crippen LogP contribution is 2.10. The Morgan fingerprint density at radius 1 is 1.37 bits per heavy atom. The summed E-state index contributed by atoms with van der Waals surface area (Å²) in [6.07, 6.45) is 0.867. The molecule has 0 amide bonds. The number of hydrogen-bond donors (Lipinski definition) is 0. The Hall–Kier alpha value is -2.11. The van der Waals surface area contributed by atoms with Crippen LogP contribution in [0, 0.1) is 6.92 Å². The average molecular weight is 262 g/mol. The summed E-state index contributed by atoms with van der Waals surface area (Å²) in [5.74, 6) is 0. The largest absolute Gasteiger partial charge is 0.468 e. The number of aryl methyl sites for hydroxylation is 3. The third-order valence-electron chi connectivity index (χ3n) is 2.99. The summed E-state index contributed by atoms with van der Waals surface area (Å²) in [5.41, 5.74) is 2.48. The van der Waals surface area contributed by atoms with Gasteiger partial charge in [-0.25, -0.2) is 4.98 Å². The van der Waals surface area contributed by atoms with E-state index in [2.05, 4.69) is 10.1 Å². The molecule has 0 aliphatic carbocycles. The van der Waals surface area contributed by atoms with Crippen LogP contribution in [0.25, 0.3) is 0 Å². The van der Waals surface area contributed by atoms with Gasteiger partial charge in [-0.3, -0.25) is 14.0 Å². The van der Waals surface area contributed by atoms with E-state index in [4.69, 9.17) is 4.74 Å². The molecule has 0 atom stereocenters. The molecule has 0 aromatic carbocycles. The Kier molecular flexibility index (Phi) is 3.69. The van der Waals surface area contributed by atoms with Gasteiger partial charge in [0.2, 0.25) is 0 Å². The van der Waals surface area contributed by atoms with Crippen molar-refractivity contribution in [1.82, 2.24) is 19.3 Å². The molecule has 0 unspecified atom stereocenters. The van der Waals surface area contributed by atoms with Crippen LogP contribution in [0.15, 0.2) is 16.9 Å². The lowest BCUT2D eigenvalue weighted by atomic mass is 10.3. The van der Waals surface area contributed by atoms with Crippen LogP contribution in [0.1, 0.15) is 24.0 Å². The van der Waals surface area contributed by atoms with E-state index in [1.807, 2.05) is 20.0 Å². The van der Waals surface area contributed by atoms with E-state index >= 15 is 0 Å². The van der Waals surface area contributed by atoms with Crippen molar-refractivity contribution in [3.8, 4) is 6.01 Å². The standard InChI is InChI=1S/C13H18N4O2/c1-5-10-7-11(16(3)15-10)8-17-12(18)6-9(2)14-13(17)19-4/h6-7H,5,8H2,1-4H3. The maximum absolute atomic E-state index is 12.0. The quantitative estimate of drug-likeness (QED) is 0.821. The van der Waals surface area contributed by atoms with Crippen LogP contribution in [0.3, 0.4) is 0 Å². The van der Waals surface area contributed by atoms with Crippen molar-refractivity contribution in [2.45, 2.75) is 26.8 Å². The molecular weight excluding hydrogens is 244 g/mol. The number of aromatic nitrogens is 4. The molecule has 0 aliphatic rings. The van der Waals surface area contributed by atoms with Gasteiger partial charge in [-0.2, -0.15) is 5.10 Å². The molecule has 0 spiro atoms. The molecule has 0 radical (unpaired) electrons. The molecule has 102 valence electrons. The van der Waals surface area contributed by atoms with Crippen molar-refractivity contribution in [3.05, 3.63) is 39.6 Å². The summed E-state index contributed by atoms with van der Waals surface area (Å²) in [4.78, 5) is 16.2. The molecule has 0 saturated carbocycles. The van der Waals surface area contributed by atoms with Gasteiger partial charge in [0.1, 0.15) is 0 Å². The maximum atomic E-state index is 12.0. The molecule has 2 heterocycles. The lowest BCUT2D eigenvalue weighted by Gasteiger charge is -2.10. The van der Waals surface area contributed by atoms with Crippen molar-refractivity contribution >= 4 is 0 Å². The molecule has 6 heteroatoms. The van der Waals surface area contributed by atoms with Gasteiger partial charge >= 0.3 is 0 Å². The van der Waals surface area contributed by atoms with E-state index in [1.54, 1.807) is 11.6 Å². The molecular formula is C13H18N4O2. The average Bonchev–Trinajstić information content (AvgIpc) is 2.73. The first-order chi connectivity index (χ1) is 9.05. The van der Waals surface area contributed by atoms with Crippen molar-refractivity contribution in [2.75, 3.05) is 7.11 Å². The summed E-state index contributed by atoms with van der Waals surface area (Å²) < 4.78 is 8.46. The molecule has 2 aromatic heterocycles. The Bertz CT molecular complexity index is 643. The van der Waals surface area contributed by atoms with Crippen LogP contribution in [0.4, 0.5) is 0 Å². The molecule has 6 nitrogen and oxygen atoms in total. The fourth-order valence-corrected chi connectivity index (χ4v) is 1.95. The molecule has 2 aromatic rings. The lowest BCUT2D eigenvalue weighted by Crippen LogP contribution is -2.24. The second-order valence-electron chi connectivity index (χ2n) is 4.41.